The molecule has 0 saturated carbocycles. The molecule has 53 heavy (non-hydrogen) atoms. The average Bonchev–Trinajstić information content (AvgIpc) is 3.76. The van der Waals surface area contributed by atoms with E-state index >= 15 is 0 Å². The van der Waals surface area contributed by atoms with E-state index in [1.54, 1.807) is 24.1 Å². The number of fused-ring (bicyclic) bond motifs is 2. The Hall–Kier alpha value is -5.83. The van der Waals surface area contributed by atoms with Gasteiger partial charge in [0.1, 0.15) is 29.5 Å². The van der Waals surface area contributed by atoms with Gasteiger partial charge in [0.05, 0.1) is 18.7 Å². The Labute approximate surface area is 310 Å². The summed E-state index contributed by atoms with van der Waals surface area (Å²) in [6, 6.07) is 34.2. The number of rotatable bonds is 10. The molecule has 2 aliphatic rings. The Balaban J connectivity index is 1.44. The molecule has 0 saturated heterocycles. The van der Waals surface area contributed by atoms with Crippen LogP contribution in [-0.2, 0) is 16.1 Å². The van der Waals surface area contributed by atoms with Crippen LogP contribution in [0, 0.1) is 5.92 Å². The van der Waals surface area contributed by atoms with Gasteiger partial charge >= 0.3 is 5.97 Å². The molecular formula is C44H44N2O7. The van der Waals surface area contributed by atoms with Crippen LogP contribution in [0.15, 0.2) is 109 Å². The van der Waals surface area contributed by atoms with Crippen molar-refractivity contribution in [3.05, 3.63) is 143 Å². The van der Waals surface area contributed by atoms with Gasteiger partial charge in [0.2, 0.25) is 6.79 Å². The first kappa shape index (κ1) is 35.6. The van der Waals surface area contributed by atoms with Crippen molar-refractivity contribution in [3.63, 3.8) is 0 Å². The summed E-state index contributed by atoms with van der Waals surface area (Å²) in [4.78, 5) is 35.8. The average molecular weight is 713 g/mol. The first-order valence-electron chi connectivity index (χ1n) is 17.9. The number of pyridine rings is 1. The Morgan fingerprint density at radius 3 is 2.23 bits per heavy atom. The highest BCUT2D eigenvalue weighted by Crippen LogP contribution is 2.56. The van der Waals surface area contributed by atoms with E-state index in [1.165, 1.54) is 0 Å². The highest BCUT2D eigenvalue weighted by molar-refractivity contribution is 6.06. The molecule has 3 atom stereocenters. The number of amides is 1. The van der Waals surface area contributed by atoms with Crippen molar-refractivity contribution in [3.8, 4) is 23.0 Å². The van der Waals surface area contributed by atoms with Gasteiger partial charge in [-0.25, -0.2) is 4.98 Å². The zero-order valence-corrected chi connectivity index (χ0v) is 30.9. The van der Waals surface area contributed by atoms with Crippen LogP contribution >= 0.6 is 0 Å². The minimum atomic E-state index is -0.767. The smallest absolute Gasteiger partial charge is 0.311 e. The van der Waals surface area contributed by atoms with Crippen molar-refractivity contribution in [1.82, 2.24) is 4.98 Å². The van der Waals surface area contributed by atoms with Crippen molar-refractivity contribution < 1.29 is 33.3 Å². The van der Waals surface area contributed by atoms with Gasteiger partial charge in [-0.05, 0) is 87.7 Å². The maximum atomic E-state index is 14.7. The lowest BCUT2D eigenvalue weighted by atomic mass is 9.79. The summed E-state index contributed by atoms with van der Waals surface area (Å²) in [5, 5.41) is 0. The van der Waals surface area contributed by atoms with Crippen LogP contribution in [0.3, 0.4) is 0 Å². The fourth-order valence-electron chi connectivity index (χ4n) is 7.24. The van der Waals surface area contributed by atoms with E-state index in [0.29, 0.717) is 46.7 Å². The molecule has 0 spiro atoms. The molecule has 7 rings (SSSR count). The molecule has 1 aromatic heterocycles. The maximum Gasteiger partial charge on any atom is 0.311 e. The van der Waals surface area contributed by atoms with Gasteiger partial charge in [-0.2, -0.15) is 0 Å². The first-order chi connectivity index (χ1) is 25.5. The fourth-order valence-corrected chi connectivity index (χ4v) is 7.24. The van der Waals surface area contributed by atoms with Crippen LogP contribution in [-0.4, -0.2) is 42.4 Å². The van der Waals surface area contributed by atoms with E-state index in [1.807, 2.05) is 132 Å². The van der Waals surface area contributed by atoms with Gasteiger partial charge in [0.25, 0.3) is 5.91 Å². The molecule has 0 bridgehead atoms. The van der Waals surface area contributed by atoms with Crippen molar-refractivity contribution in [2.75, 3.05) is 18.8 Å². The van der Waals surface area contributed by atoms with Crippen molar-refractivity contribution >= 4 is 17.7 Å². The second kappa shape index (κ2) is 14.7. The minimum absolute atomic E-state index is 0.123. The molecule has 272 valence electrons. The molecule has 9 heteroatoms. The highest BCUT2D eigenvalue weighted by atomic mass is 16.7. The summed E-state index contributed by atoms with van der Waals surface area (Å²) in [7, 11) is 1.61. The third-order valence-electron chi connectivity index (χ3n) is 9.52. The second-order valence-electron chi connectivity index (χ2n) is 14.6. The normalized spacial score (nSPS) is 17.3. The maximum absolute atomic E-state index is 14.7. The third kappa shape index (κ3) is 7.29. The molecule has 4 aromatic carbocycles. The lowest BCUT2D eigenvalue weighted by Crippen LogP contribution is -2.38. The summed E-state index contributed by atoms with van der Waals surface area (Å²) in [5.41, 5.74) is 3.87. The number of benzene rings is 4. The van der Waals surface area contributed by atoms with Crippen LogP contribution in [0.4, 0.5) is 5.82 Å². The predicted molar refractivity (Wildman–Crippen MR) is 202 cm³/mol. The summed E-state index contributed by atoms with van der Waals surface area (Å²) in [6.07, 6.45) is 0. The molecule has 2 heterocycles. The Bertz CT molecular complexity index is 2110. The number of hydrogen-bond acceptors (Lipinski definition) is 8. The van der Waals surface area contributed by atoms with E-state index in [-0.39, 0.29) is 24.7 Å². The Morgan fingerprint density at radius 2 is 1.53 bits per heavy atom. The fraction of sp³-hybridized carbons (Fsp3) is 0.295. The molecule has 1 aliphatic carbocycles. The number of carbonyl (C=O) groups is 2. The zero-order valence-electron chi connectivity index (χ0n) is 30.9. The summed E-state index contributed by atoms with van der Waals surface area (Å²) < 4.78 is 29.9. The van der Waals surface area contributed by atoms with Crippen LogP contribution < -0.4 is 23.8 Å². The van der Waals surface area contributed by atoms with Crippen LogP contribution in [0.2, 0.25) is 0 Å². The number of hydrogen-bond donors (Lipinski definition) is 0. The van der Waals surface area contributed by atoms with Gasteiger partial charge in [-0.3, -0.25) is 14.5 Å². The first-order valence-corrected chi connectivity index (χ1v) is 17.9. The van der Waals surface area contributed by atoms with E-state index < -0.39 is 23.4 Å². The summed E-state index contributed by atoms with van der Waals surface area (Å²) in [6.45, 7) is 9.94. The molecule has 1 aliphatic heterocycles. The van der Waals surface area contributed by atoms with E-state index in [2.05, 4.69) is 0 Å². The molecule has 0 unspecified atom stereocenters. The highest BCUT2D eigenvalue weighted by Gasteiger charge is 2.50. The van der Waals surface area contributed by atoms with E-state index in [9.17, 15) is 9.59 Å². The van der Waals surface area contributed by atoms with Crippen LogP contribution in [0.1, 0.15) is 84.8 Å². The zero-order chi connectivity index (χ0) is 37.3. The quantitative estimate of drug-likeness (QED) is 0.133. The third-order valence-corrected chi connectivity index (χ3v) is 9.52. The number of ether oxygens (including phenoxy) is 5. The van der Waals surface area contributed by atoms with Gasteiger partial charge < -0.3 is 23.7 Å². The molecule has 0 radical (unpaired) electrons. The predicted octanol–water partition coefficient (Wildman–Crippen LogP) is 8.69. The van der Waals surface area contributed by atoms with Crippen LogP contribution in [0.5, 0.6) is 23.0 Å². The lowest BCUT2D eigenvalue weighted by molar-refractivity contribution is -0.160. The monoisotopic (exact) mass is 712 g/mol. The molecule has 0 N–H and O–H groups in total. The van der Waals surface area contributed by atoms with Gasteiger partial charge in [0.15, 0.2) is 11.5 Å². The van der Waals surface area contributed by atoms with Crippen molar-refractivity contribution in [2.24, 2.45) is 5.92 Å². The standard InChI is InChI=1S/C44H44N2O7/c1-27(2)46(42(47)29-15-11-8-12-16-29)37-22-20-33-38(30-17-21-34-36(23-30)52-26-51-34)40(43(48)53-44(3,4)5)39(41(33)45-37)32-19-18-31(49-6)24-35(32)50-25-28-13-9-7-10-14-28/h7-24,27,38-40H,25-26H2,1-6H3/t38-,39-,40+/m0/s1. The van der Waals surface area contributed by atoms with Crippen molar-refractivity contribution in [2.45, 2.75) is 64.7 Å². The van der Waals surface area contributed by atoms with Gasteiger partial charge in [0, 0.05) is 35.1 Å². The van der Waals surface area contributed by atoms with E-state index in [0.717, 1.165) is 22.3 Å². The second-order valence-corrected chi connectivity index (χ2v) is 14.6. The molecule has 1 amide bonds. The number of anilines is 1. The van der Waals surface area contributed by atoms with E-state index in [4.69, 9.17) is 28.7 Å². The van der Waals surface area contributed by atoms with Crippen LogP contribution in [0.25, 0.3) is 0 Å². The number of aromatic nitrogens is 1. The number of carbonyl (C=O) groups excluding carboxylic acids is 2. The number of esters is 1. The SMILES string of the molecule is COc1ccc([C@@H]2c3nc(N(C(=O)c4ccccc4)C(C)C)ccc3[C@H](c3ccc4c(c3)OCO4)[C@H]2C(=O)OC(C)(C)C)c(OCc2ccccc2)c1. The Kier molecular flexibility index (Phi) is 9.84. The largest absolute Gasteiger partial charge is 0.497 e. The number of nitrogens with zero attached hydrogens (tertiary/aromatic N) is 2. The summed E-state index contributed by atoms with van der Waals surface area (Å²) in [5.74, 6) is 0.458. The molecule has 9 nitrogen and oxygen atoms in total. The van der Waals surface area contributed by atoms with Gasteiger partial charge in [-0.15, -0.1) is 0 Å². The molecular weight excluding hydrogens is 668 g/mol. The Morgan fingerprint density at radius 1 is 0.830 bits per heavy atom. The molecule has 5 aromatic rings. The van der Waals surface area contributed by atoms with Gasteiger partial charge in [-0.1, -0.05) is 66.7 Å². The summed E-state index contributed by atoms with van der Waals surface area (Å²) >= 11 is 0. The van der Waals surface area contributed by atoms with Crippen molar-refractivity contribution in [1.29, 1.82) is 0 Å². The minimum Gasteiger partial charge on any atom is -0.497 e. The lowest BCUT2D eigenvalue weighted by Gasteiger charge is -2.29. The number of methoxy groups -OCH3 is 1. The topological polar surface area (TPSA) is 96.4 Å². The molecule has 0 fully saturated rings.